The molecule has 2 heteroatoms. The summed E-state index contributed by atoms with van der Waals surface area (Å²) >= 11 is 0. The van der Waals surface area contributed by atoms with E-state index in [1.807, 2.05) is 6.92 Å². The number of nitrogens with zero attached hydrogens (tertiary/aromatic N) is 1. The predicted octanol–water partition coefficient (Wildman–Crippen LogP) is 4.03. The molecule has 0 aromatic rings. The van der Waals surface area contributed by atoms with Gasteiger partial charge in [-0.3, -0.25) is 4.79 Å². The molecule has 0 radical (unpaired) electrons. The van der Waals surface area contributed by atoms with Crippen LogP contribution in [0, 0.1) is 0 Å². The first kappa shape index (κ1) is 12.5. The second-order valence-corrected chi connectivity index (χ2v) is 6.92. The van der Waals surface area contributed by atoms with Crippen molar-refractivity contribution in [3.8, 4) is 0 Å². The van der Waals surface area contributed by atoms with Crippen LogP contribution in [0.4, 0.5) is 0 Å². The fraction of sp³-hybridized carbons (Fsp3) is 0.938. The van der Waals surface area contributed by atoms with Crippen LogP contribution in [0.15, 0.2) is 0 Å². The summed E-state index contributed by atoms with van der Waals surface area (Å²) < 4.78 is 0. The number of carbonyl (C=O) groups excluding carboxylic acids is 1. The summed E-state index contributed by atoms with van der Waals surface area (Å²) in [5, 5.41) is 0. The van der Waals surface area contributed by atoms with E-state index in [1.165, 1.54) is 77.0 Å². The second kappa shape index (κ2) is 4.54. The summed E-state index contributed by atoms with van der Waals surface area (Å²) in [5.41, 5.74) is 0.531. The van der Waals surface area contributed by atoms with Gasteiger partial charge in [0.2, 0.25) is 5.91 Å². The number of rotatable bonds is 0. The number of hydrogen-bond acceptors (Lipinski definition) is 1. The van der Waals surface area contributed by atoms with Gasteiger partial charge in [0, 0.05) is 18.0 Å². The average molecular weight is 249 g/mol. The first-order valence-electron chi connectivity index (χ1n) is 8.00. The molecular weight excluding hydrogens is 222 g/mol. The fourth-order valence-electron chi connectivity index (χ4n) is 5.23. The molecule has 18 heavy (non-hydrogen) atoms. The molecule has 1 amide bonds. The van der Waals surface area contributed by atoms with Gasteiger partial charge in [-0.2, -0.15) is 0 Å². The van der Waals surface area contributed by atoms with Crippen molar-refractivity contribution in [2.45, 2.75) is 95.1 Å². The third kappa shape index (κ3) is 1.80. The average Bonchev–Trinajstić information content (AvgIpc) is 2.66. The Balaban J connectivity index is 1.91. The van der Waals surface area contributed by atoms with Crippen LogP contribution in [0.1, 0.15) is 84.0 Å². The zero-order valence-electron chi connectivity index (χ0n) is 11.8. The highest BCUT2D eigenvalue weighted by Gasteiger charge is 2.55. The lowest BCUT2D eigenvalue weighted by Crippen LogP contribution is -2.57. The maximum atomic E-state index is 12.3. The summed E-state index contributed by atoms with van der Waals surface area (Å²) in [6.45, 7) is 1.82. The van der Waals surface area contributed by atoms with Crippen LogP contribution in [0.3, 0.4) is 0 Å². The third-order valence-corrected chi connectivity index (χ3v) is 5.89. The molecule has 2 spiro atoms. The van der Waals surface area contributed by atoms with E-state index in [-0.39, 0.29) is 11.1 Å². The molecule has 1 saturated heterocycles. The molecule has 2 nitrogen and oxygen atoms in total. The lowest BCUT2D eigenvalue weighted by atomic mass is 9.79. The van der Waals surface area contributed by atoms with E-state index in [4.69, 9.17) is 0 Å². The molecule has 102 valence electrons. The minimum Gasteiger partial charge on any atom is -0.332 e. The zero-order chi connectivity index (χ0) is 12.6. The summed E-state index contributed by atoms with van der Waals surface area (Å²) in [7, 11) is 0. The molecule has 1 aliphatic heterocycles. The molecule has 3 aliphatic rings. The first-order valence-corrected chi connectivity index (χ1v) is 8.00. The van der Waals surface area contributed by atoms with E-state index in [9.17, 15) is 4.79 Å². The minimum atomic E-state index is 0.265. The molecule has 1 heterocycles. The largest absolute Gasteiger partial charge is 0.332 e. The summed E-state index contributed by atoms with van der Waals surface area (Å²) in [6, 6.07) is 0. The van der Waals surface area contributed by atoms with Gasteiger partial charge in [-0.1, -0.05) is 38.5 Å². The van der Waals surface area contributed by atoms with E-state index in [0.717, 1.165) is 0 Å². The van der Waals surface area contributed by atoms with Crippen LogP contribution in [0.2, 0.25) is 0 Å². The maximum absolute atomic E-state index is 12.3. The standard InChI is InChI=1S/C16H27NO/c1-14(18)17-15(8-4-2-5-9-15)12-13-16(17)10-6-3-7-11-16/h2-13H2,1H3. The summed E-state index contributed by atoms with van der Waals surface area (Å²) in [5.74, 6) is 0.358. The fourth-order valence-corrected chi connectivity index (χ4v) is 5.23. The van der Waals surface area contributed by atoms with Gasteiger partial charge in [0.1, 0.15) is 0 Å². The Bertz CT molecular complexity index is 298. The normalized spacial score (nSPS) is 29.9. The van der Waals surface area contributed by atoms with Crippen LogP contribution in [-0.2, 0) is 4.79 Å². The van der Waals surface area contributed by atoms with Crippen LogP contribution in [0.25, 0.3) is 0 Å². The molecule has 2 aliphatic carbocycles. The Morgan fingerprint density at radius 3 is 1.44 bits per heavy atom. The highest BCUT2D eigenvalue weighted by molar-refractivity contribution is 5.76. The van der Waals surface area contributed by atoms with E-state index in [1.54, 1.807) is 0 Å². The van der Waals surface area contributed by atoms with Crippen molar-refractivity contribution in [3.05, 3.63) is 0 Å². The summed E-state index contributed by atoms with van der Waals surface area (Å²) in [6.07, 6.45) is 15.7. The van der Waals surface area contributed by atoms with Gasteiger partial charge in [-0.05, 0) is 38.5 Å². The van der Waals surface area contributed by atoms with Gasteiger partial charge in [0.15, 0.2) is 0 Å². The number of carbonyl (C=O) groups is 1. The Kier molecular flexibility index (Phi) is 3.15. The van der Waals surface area contributed by atoms with E-state index in [0.29, 0.717) is 5.91 Å². The molecular formula is C16H27NO. The highest BCUT2D eigenvalue weighted by atomic mass is 16.2. The smallest absolute Gasteiger partial charge is 0.220 e. The maximum Gasteiger partial charge on any atom is 0.220 e. The van der Waals surface area contributed by atoms with E-state index < -0.39 is 0 Å². The van der Waals surface area contributed by atoms with Gasteiger partial charge in [-0.15, -0.1) is 0 Å². The molecule has 0 unspecified atom stereocenters. The first-order chi connectivity index (χ1) is 8.69. The predicted molar refractivity (Wildman–Crippen MR) is 73.4 cm³/mol. The quantitative estimate of drug-likeness (QED) is 0.634. The molecule has 0 bridgehead atoms. The SMILES string of the molecule is CC(=O)N1C2(CCCCC2)CCC12CCCCC2. The Hall–Kier alpha value is -0.530. The topological polar surface area (TPSA) is 20.3 Å². The molecule has 3 rings (SSSR count). The lowest BCUT2D eigenvalue weighted by Gasteiger charge is -2.50. The van der Waals surface area contributed by atoms with Gasteiger partial charge in [0.05, 0.1) is 0 Å². The van der Waals surface area contributed by atoms with Crippen LogP contribution in [-0.4, -0.2) is 21.9 Å². The Morgan fingerprint density at radius 1 is 0.722 bits per heavy atom. The van der Waals surface area contributed by atoms with Crippen LogP contribution < -0.4 is 0 Å². The summed E-state index contributed by atoms with van der Waals surface area (Å²) in [4.78, 5) is 14.7. The number of amides is 1. The lowest BCUT2D eigenvalue weighted by molar-refractivity contribution is -0.143. The van der Waals surface area contributed by atoms with E-state index >= 15 is 0 Å². The van der Waals surface area contributed by atoms with Crippen LogP contribution >= 0.6 is 0 Å². The van der Waals surface area contributed by atoms with Crippen molar-refractivity contribution in [1.29, 1.82) is 0 Å². The van der Waals surface area contributed by atoms with Gasteiger partial charge in [-0.25, -0.2) is 0 Å². The Labute approximate surface area is 111 Å². The van der Waals surface area contributed by atoms with Crippen molar-refractivity contribution < 1.29 is 4.79 Å². The second-order valence-electron chi connectivity index (χ2n) is 6.92. The zero-order valence-corrected chi connectivity index (χ0v) is 11.8. The molecule has 0 atom stereocenters. The van der Waals surface area contributed by atoms with Crippen molar-refractivity contribution in [2.75, 3.05) is 0 Å². The number of hydrogen-bond donors (Lipinski definition) is 0. The minimum absolute atomic E-state index is 0.265. The Morgan fingerprint density at radius 2 is 1.11 bits per heavy atom. The van der Waals surface area contributed by atoms with E-state index in [2.05, 4.69) is 4.90 Å². The molecule has 0 N–H and O–H groups in total. The van der Waals surface area contributed by atoms with Gasteiger partial charge in [0.25, 0.3) is 0 Å². The molecule has 3 fully saturated rings. The van der Waals surface area contributed by atoms with Crippen LogP contribution in [0.5, 0.6) is 0 Å². The molecule has 2 saturated carbocycles. The van der Waals surface area contributed by atoms with Crippen molar-refractivity contribution in [2.24, 2.45) is 0 Å². The third-order valence-electron chi connectivity index (χ3n) is 5.89. The highest BCUT2D eigenvalue weighted by Crippen LogP contribution is 2.53. The monoisotopic (exact) mass is 249 g/mol. The molecule has 0 aromatic carbocycles. The van der Waals surface area contributed by atoms with Crippen molar-refractivity contribution in [1.82, 2.24) is 4.90 Å². The van der Waals surface area contributed by atoms with Gasteiger partial charge >= 0.3 is 0 Å². The number of likely N-dealkylation sites (tertiary alicyclic amines) is 1. The molecule has 0 aromatic heterocycles. The van der Waals surface area contributed by atoms with Gasteiger partial charge < -0.3 is 4.90 Å². The van der Waals surface area contributed by atoms with Crippen molar-refractivity contribution >= 4 is 5.91 Å². The van der Waals surface area contributed by atoms with Crippen molar-refractivity contribution in [3.63, 3.8) is 0 Å².